The molecule has 0 spiro atoms. The van der Waals surface area contributed by atoms with Gasteiger partial charge >= 0.3 is 0 Å². The summed E-state index contributed by atoms with van der Waals surface area (Å²) < 4.78 is 14.0. The first-order valence-electron chi connectivity index (χ1n) is 7.50. The Labute approximate surface area is 126 Å². The number of hydrogen-bond donors (Lipinski definition) is 1. The van der Waals surface area contributed by atoms with Crippen molar-refractivity contribution >= 4 is 11.4 Å². The zero-order valence-electron chi connectivity index (χ0n) is 12.9. The van der Waals surface area contributed by atoms with Crippen molar-refractivity contribution in [3.05, 3.63) is 59.9 Å². The van der Waals surface area contributed by atoms with Gasteiger partial charge < -0.3 is 10.2 Å². The van der Waals surface area contributed by atoms with Crippen LogP contribution in [0.2, 0.25) is 0 Å². The van der Waals surface area contributed by atoms with Gasteiger partial charge in [-0.2, -0.15) is 0 Å². The molecule has 112 valence electrons. The predicted octanol–water partition coefficient (Wildman–Crippen LogP) is 4.65. The Morgan fingerprint density at radius 3 is 2.24 bits per heavy atom. The molecule has 0 fully saturated rings. The van der Waals surface area contributed by atoms with E-state index in [-0.39, 0.29) is 5.82 Å². The molecular formula is C18H23FN2. The van der Waals surface area contributed by atoms with E-state index in [1.54, 1.807) is 6.07 Å². The number of para-hydroxylation sites is 1. The normalized spacial score (nSPS) is 12.2. The molecule has 2 rings (SSSR count). The van der Waals surface area contributed by atoms with Gasteiger partial charge in [0.05, 0.1) is 5.69 Å². The third-order valence-corrected chi connectivity index (χ3v) is 3.82. The van der Waals surface area contributed by atoms with E-state index in [1.165, 1.54) is 11.6 Å². The standard InChI is InChI=1S/C18H23FN2/c1-4-17(20-3)14-10-12-15(13-11-14)21(5-2)18-9-7-6-8-16(18)19/h6-13,17,20H,4-5H2,1-3H3. The number of anilines is 2. The Kier molecular flexibility index (Phi) is 5.34. The molecule has 1 unspecified atom stereocenters. The van der Waals surface area contributed by atoms with Gasteiger partial charge in [0.1, 0.15) is 5.82 Å². The van der Waals surface area contributed by atoms with Crippen LogP contribution in [0.4, 0.5) is 15.8 Å². The molecule has 0 heterocycles. The summed E-state index contributed by atoms with van der Waals surface area (Å²) in [6, 6.07) is 15.6. The minimum absolute atomic E-state index is 0.190. The maximum atomic E-state index is 14.0. The van der Waals surface area contributed by atoms with Gasteiger partial charge in [-0.05, 0) is 50.2 Å². The second-order valence-corrected chi connectivity index (χ2v) is 5.04. The molecule has 21 heavy (non-hydrogen) atoms. The van der Waals surface area contributed by atoms with Crippen molar-refractivity contribution in [1.82, 2.24) is 5.32 Å². The van der Waals surface area contributed by atoms with Crippen molar-refractivity contribution in [3.63, 3.8) is 0 Å². The largest absolute Gasteiger partial charge is 0.339 e. The van der Waals surface area contributed by atoms with Gasteiger partial charge in [-0.3, -0.25) is 0 Å². The average molecular weight is 286 g/mol. The summed E-state index contributed by atoms with van der Waals surface area (Å²) in [7, 11) is 1.97. The highest BCUT2D eigenvalue weighted by atomic mass is 19.1. The van der Waals surface area contributed by atoms with Gasteiger partial charge in [0.25, 0.3) is 0 Å². The number of nitrogens with one attached hydrogen (secondary N) is 1. The highest BCUT2D eigenvalue weighted by molar-refractivity contribution is 5.63. The second kappa shape index (κ2) is 7.23. The van der Waals surface area contributed by atoms with E-state index in [0.717, 1.165) is 18.7 Å². The molecular weight excluding hydrogens is 263 g/mol. The van der Waals surface area contributed by atoms with Gasteiger partial charge in [0.15, 0.2) is 0 Å². The second-order valence-electron chi connectivity index (χ2n) is 5.04. The summed E-state index contributed by atoms with van der Waals surface area (Å²) in [5.74, 6) is -0.190. The van der Waals surface area contributed by atoms with Gasteiger partial charge in [0, 0.05) is 18.3 Å². The molecule has 0 aromatic heterocycles. The minimum Gasteiger partial charge on any atom is -0.339 e. The Bertz CT molecular complexity index is 562. The van der Waals surface area contributed by atoms with Crippen LogP contribution in [0, 0.1) is 5.82 Å². The lowest BCUT2D eigenvalue weighted by molar-refractivity contribution is 0.577. The van der Waals surface area contributed by atoms with Gasteiger partial charge in [0.2, 0.25) is 0 Å². The van der Waals surface area contributed by atoms with Crippen LogP contribution in [-0.2, 0) is 0 Å². The summed E-state index contributed by atoms with van der Waals surface area (Å²) in [6.07, 6.45) is 1.04. The lowest BCUT2D eigenvalue weighted by atomic mass is 10.0. The molecule has 3 heteroatoms. The van der Waals surface area contributed by atoms with E-state index in [1.807, 2.05) is 31.0 Å². The van der Waals surface area contributed by atoms with Crippen LogP contribution in [0.3, 0.4) is 0 Å². The molecule has 0 aliphatic rings. The van der Waals surface area contributed by atoms with Crippen LogP contribution in [-0.4, -0.2) is 13.6 Å². The maximum absolute atomic E-state index is 14.0. The molecule has 1 N–H and O–H groups in total. The molecule has 2 aromatic carbocycles. The third kappa shape index (κ3) is 3.42. The number of rotatable bonds is 6. The monoisotopic (exact) mass is 286 g/mol. The summed E-state index contributed by atoms with van der Waals surface area (Å²) in [5, 5.41) is 3.30. The van der Waals surface area contributed by atoms with Crippen molar-refractivity contribution in [2.75, 3.05) is 18.5 Å². The van der Waals surface area contributed by atoms with Crippen LogP contribution in [0.15, 0.2) is 48.5 Å². The Morgan fingerprint density at radius 1 is 1.05 bits per heavy atom. The van der Waals surface area contributed by atoms with Crippen molar-refractivity contribution in [2.24, 2.45) is 0 Å². The average Bonchev–Trinajstić information content (AvgIpc) is 2.52. The van der Waals surface area contributed by atoms with Crippen molar-refractivity contribution < 1.29 is 4.39 Å². The van der Waals surface area contributed by atoms with E-state index >= 15 is 0 Å². The summed E-state index contributed by atoms with van der Waals surface area (Å²) in [6.45, 7) is 4.92. The first-order valence-corrected chi connectivity index (χ1v) is 7.50. The molecule has 1 atom stereocenters. The zero-order valence-corrected chi connectivity index (χ0v) is 12.9. The van der Waals surface area contributed by atoms with Crippen molar-refractivity contribution in [2.45, 2.75) is 26.3 Å². The molecule has 0 aliphatic heterocycles. The van der Waals surface area contributed by atoms with Crippen LogP contribution >= 0.6 is 0 Å². The SMILES string of the molecule is CCC(NC)c1ccc(N(CC)c2ccccc2F)cc1. The van der Waals surface area contributed by atoms with E-state index < -0.39 is 0 Å². The molecule has 0 radical (unpaired) electrons. The fourth-order valence-corrected chi connectivity index (χ4v) is 2.66. The Balaban J connectivity index is 2.30. The third-order valence-electron chi connectivity index (χ3n) is 3.82. The van der Waals surface area contributed by atoms with Crippen molar-refractivity contribution in [3.8, 4) is 0 Å². The number of benzene rings is 2. The quantitative estimate of drug-likeness (QED) is 0.831. The lowest BCUT2D eigenvalue weighted by Crippen LogP contribution is -2.18. The number of halogens is 1. The molecule has 2 aromatic rings. The van der Waals surface area contributed by atoms with Gasteiger partial charge in [-0.15, -0.1) is 0 Å². The minimum atomic E-state index is -0.190. The van der Waals surface area contributed by atoms with E-state index in [4.69, 9.17) is 0 Å². The molecule has 2 nitrogen and oxygen atoms in total. The van der Waals surface area contributed by atoms with Gasteiger partial charge in [-0.1, -0.05) is 31.2 Å². The highest BCUT2D eigenvalue weighted by Gasteiger charge is 2.12. The molecule has 0 saturated carbocycles. The predicted molar refractivity (Wildman–Crippen MR) is 87.6 cm³/mol. The number of hydrogen-bond acceptors (Lipinski definition) is 2. The molecule has 0 aliphatic carbocycles. The smallest absolute Gasteiger partial charge is 0.146 e. The summed E-state index contributed by atoms with van der Waals surface area (Å²) in [5.41, 5.74) is 2.89. The first-order chi connectivity index (χ1) is 10.2. The van der Waals surface area contributed by atoms with Crippen LogP contribution in [0.5, 0.6) is 0 Å². The van der Waals surface area contributed by atoms with Crippen LogP contribution < -0.4 is 10.2 Å². The molecule has 0 amide bonds. The Hall–Kier alpha value is -1.87. The van der Waals surface area contributed by atoms with E-state index in [9.17, 15) is 4.39 Å². The van der Waals surface area contributed by atoms with Crippen molar-refractivity contribution in [1.29, 1.82) is 0 Å². The maximum Gasteiger partial charge on any atom is 0.146 e. The fraction of sp³-hybridized carbons (Fsp3) is 0.333. The highest BCUT2D eigenvalue weighted by Crippen LogP contribution is 2.28. The lowest BCUT2D eigenvalue weighted by Gasteiger charge is -2.24. The van der Waals surface area contributed by atoms with Crippen LogP contribution in [0.25, 0.3) is 0 Å². The molecule has 0 bridgehead atoms. The topological polar surface area (TPSA) is 15.3 Å². The van der Waals surface area contributed by atoms with E-state index in [0.29, 0.717) is 11.7 Å². The number of nitrogens with zero attached hydrogens (tertiary/aromatic N) is 1. The first kappa shape index (κ1) is 15.5. The summed E-state index contributed by atoms with van der Waals surface area (Å²) in [4.78, 5) is 1.99. The molecule has 0 saturated heterocycles. The summed E-state index contributed by atoms with van der Waals surface area (Å²) >= 11 is 0. The zero-order chi connectivity index (χ0) is 15.2. The fourth-order valence-electron chi connectivity index (χ4n) is 2.66. The van der Waals surface area contributed by atoms with E-state index in [2.05, 4.69) is 36.5 Å². The Morgan fingerprint density at radius 2 is 1.71 bits per heavy atom. The van der Waals surface area contributed by atoms with Gasteiger partial charge in [-0.25, -0.2) is 4.39 Å². The van der Waals surface area contributed by atoms with Crippen LogP contribution in [0.1, 0.15) is 31.9 Å².